The minimum atomic E-state index is -0.606. The van der Waals surface area contributed by atoms with Gasteiger partial charge >= 0.3 is 0 Å². The summed E-state index contributed by atoms with van der Waals surface area (Å²) in [5.74, 6) is 0.846. The van der Waals surface area contributed by atoms with Crippen molar-refractivity contribution < 1.29 is 14.3 Å². The molecule has 27 heavy (non-hydrogen) atoms. The highest BCUT2D eigenvalue weighted by Gasteiger charge is 2.21. The molecule has 0 bridgehead atoms. The molecular formula is C21H26N2O3S. The summed E-state index contributed by atoms with van der Waals surface area (Å²) in [5, 5.41) is 5.67. The van der Waals surface area contributed by atoms with Gasteiger partial charge in [0.1, 0.15) is 11.8 Å². The smallest absolute Gasteiger partial charge is 0.258 e. The van der Waals surface area contributed by atoms with E-state index in [0.29, 0.717) is 12.2 Å². The average molecular weight is 387 g/mol. The number of para-hydroxylation sites is 1. The summed E-state index contributed by atoms with van der Waals surface area (Å²) in [6.45, 7) is 3.89. The van der Waals surface area contributed by atoms with Crippen LogP contribution in [-0.4, -0.2) is 36.5 Å². The maximum Gasteiger partial charge on any atom is 0.258 e. The van der Waals surface area contributed by atoms with Crippen molar-refractivity contribution in [2.75, 3.05) is 23.9 Å². The maximum atomic E-state index is 12.6. The van der Waals surface area contributed by atoms with E-state index >= 15 is 0 Å². The van der Waals surface area contributed by atoms with Crippen LogP contribution in [0.2, 0.25) is 0 Å². The topological polar surface area (TPSA) is 67.4 Å². The second kappa shape index (κ2) is 10.6. The van der Waals surface area contributed by atoms with Crippen LogP contribution in [0.1, 0.15) is 17.5 Å². The van der Waals surface area contributed by atoms with E-state index < -0.39 is 6.04 Å². The zero-order valence-corrected chi connectivity index (χ0v) is 16.8. The Balaban J connectivity index is 1.94. The highest BCUT2D eigenvalue weighted by molar-refractivity contribution is 7.98. The highest BCUT2D eigenvalue weighted by atomic mass is 32.2. The van der Waals surface area contributed by atoms with E-state index in [1.165, 1.54) is 5.56 Å². The summed E-state index contributed by atoms with van der Waals surface area (Å²) < 4.78 is 5.45. The quantitative estimate of drug-likeness (QED) is 0.691. The molecule has 2 N–H and O–H groups in total. The van der Waals surface area contributed by atoms with E-state index in [2.05, 4.69) is 10.6 Å². The van der Waals surface area contributed by atoms with Gasteiger partial charge in [-0.3, -0.25) is 9.59 Å². The molecule has 2 aromatic carbocycles. The van der Waals surface area contributed by atoms with E-state index in [1.807, 2.05) is 56.5 Å². The minimum Gasteiger partial charge on any atom is -0.484 e. The number of anilines is 1. The van der Waals surface area contributed by atoms with E-state index in [1.54, 1.807) is 23.9 Å². The monoisotopic (exact) mass is 386 g/mol. The first-order valence-corrected chi connectivity index (χ1v) is 10.2. The molecule has 6 heteroatoms. The largest absolute Gasteiger partial charge is 0.484 e. The van der Waals surface area contributed by atoms with Gasteiger partial charge in [-0.2, -0.15) is 11.8 Å². The van der Waals surface area contributed by atoms with Crippen molar-refractivity contribution in [3.8, 4) is 5.75 Å². The van der Waals surface area contributed by atoms with E-state index in [0.717, 1.165) is 17.0 Å². The number of hydrogen-bond acceptors (Lipinski definition) is 4. The standard InChI is InChI=1S/C21H26N2O3S/c1-15-9-10-17(13-16(15)2)22-21(25)19(11-12-27-3)23-20(24)14-26-18-7-5-4-6-8-18/h4-10,13,19H,11-12,14H2,1-3H3,(H,22,25)(H,23,24). The molecule has 0 saturated carbocycles. The Morgan fingerprint density at radius 2 is 1.81 bits per heavy atom. The van der Waals surface area contributed by atoms with Crippen molar-refractivity contribution in [1.82, 2.24) is 5.32 Å². The van der Waals surface area contributed by atoms with Crippen molar-refractivity contribution in [3.63, 3.8) is 0 Å². The molecule has 0 radical (unpaired) electrons. The van der Waals surface area contributed by atoms with Crippen molar-refractivity contribution in [2.24, 2.45) is 0 Å². The molecule has 2 aromatic rings. The predicted molar refractivity (Wildman–Crippen MR) is 111 cm³/mol. The van der Waals surface area contributed by atoms with Crippen molar-refractivity contribution in [1.29, 1.82) is 0 Å². The van der Waals surface area contributed by atoms with Gasteiger partial charge in [0.15, 0.2) is 6.61 Å². The van der Waals surface area contributed by atoms with Gasteiger partial charge in [-0.15, -0.1) is 0 Å². The van der Waals surface area contributed by atoms with Crippen LogP contribution in [0.25, 0.3) is 0 Å². The summed E-state index contributed by atoms with van der Waals surface area (Å²) in [5.41, 5.74) is 3.00. The number of thioether (sulfide) groups is 1. The highest BCUT2D eigenvalue weighted by Crippen LogP contribution is 2.15. The van der Waals surface area contributed by atoms with Crippen LogP contribution in [0.4, 0.5) is 5.69 Å². The van der Waals surface area contributed by atoms with Crippen LogP contribution in [0, 0.1) is 13.8 Å². The summed E-state index contributed by atoms with van der Waals surface area (Å²) in [7, 11) is 0. The number of rotatable bonds is 9. The summed E-state index contributed by atoms with van der Waals surface area (Å²) in [4.78, 5) is 24.9. The van der Waals surface area contributed by atoms with Gasteiger partial charge in [-0.1, -0.05) is 24.3 Å². The molecule has 0 fully saturated rings. The number of benzene rings is 2. The third-order valence-electron chi connectivity index (χ3n) is 4.15. The molecule has 0 aliphatic carbocycles. The number of carbonyl (C=O) groups is 2. The number of amides is 2. The van der Waals surface area contributed by atoms with Crippen LogP contribution < -0.4 is 15.4 Å². The fourth-order valence-electron chi connectivity index (χ4n) is 2.45. The summed E-state index contributed by atoms with van der Waals surface area (Å²) >= 11 is 1.63. The lowest BCUT2D eigenvalue weighted by atomic mass is 10.1. The molecule has 1 unspecified atom stereocenters. The lowest BCUT2D eigenvalue weighted by Gasteiger charge is -2.19. The lowest BCUT2D eigenvalue weighted by molar-refractivity contribution is -0.127. The molecular weight excluding hydrogens is 360 g/mol. The van der Waals surface area contributed by atoms with Crippen molar-refractivity contribution in [2.45, 2.75) is 26.3 Å². The minimum absolute atomic E-state index is 0.128. The molecule has 0 aliphatic heterocycles. The SMILES string of the molecule is CSCCC(NC(=O)COc1ccccc1)C(=O)Nc1ccc(C)c(C)c1. The number of carbonyl (C=O) groups excluding carboxylic acids is 2. The fraction of sp³-hybridized carbons (Fsp3) is 0.333. The zero-order chi connectivity index (χ0) is 19.6. The average Bonchev–Trinajstić information content (AvgIpc) is 2.67. The molecule has 2 amide bonds. The molecule has 0 heterocycles. The van der Waals surface area contributed by atoms with Gasteiger partial charge in [-0.05, 0) is 67.7 Å². The summed E-state index contributed by atoms with van der Waals surface area (Å²) in [6.07, 6.45) is 2.52. The van der Waals surface area contributed by atoms with Gasteiger partial charge < -0.3 is 15.4 Å². The first-order chi connectivity index (χ1) is 13.0. The Morgan fingerprint density at radius 3 is 2.48 bits per heavy atom. The van der Waals surface area contributed by atoms with E-state index in [4.69, 9.17) is 4.74 Å². The second-order valence-electron chi connectivity index (χ2n) is 6.29. The van der Waals surface area contributed by atoms with Crippen LogP contribution >= 0.6 is 11.8 Å². The lowest BCUT2D eigenvalue weighted by Crippen LogP contribution is -2.45. The normalized spacial score (nSPS) is 11.5. The molecule has 0 aromatic heterocycles. The molecule has 5 nitrogen and oxygen atoms in total. The van der Waals surface area contributed by atoms with Crippen LogP contribution in [0.3, 0.4) is 0 Å². The van der Waals surface area contributed by atoms with Crippen LogP contribution in [0.15, 0.2) is 48.5 Å². The molecule has 144 valence electrons. The Kier molecular flexibility index (Phi) is 8.20. The van der Waals surface area contributed by atoms with Crippen LogP contribution in [-0.2, 0) is 9.59 Å². The fourth-order valence-corrected chi connectivity index (χ4v) is 2.93. The van der Waals surface area contributed by atoms with E-state index in [9.17, 15) is 9.59 Å². The number of nitrogens with one attached hydrogen (secondary N) is 2. The van der Waals surface area contributed by atoms with Crippen LogP contribution in [0.5, 0.6) is 5.75 Å². The Bertz CT molecular complexity index is 765. The first-order valence-electron chi connectivity index (χ1n) is 8.84. The number of ether oxygens (including phenoxy) is 1. The molecule has 2 rings (SSSR count). The van der Waals surface area contributed by atoms with Gasteiger partial charge in [0.2, 0.25) is 5.91 Å². The van der Waals surface area contributed by atoms with Gasteiger partial charge in [0.05, 0.1) is 0 Å². The molecule has 1 atom stereocenters. The maximum absolute atomic E-state index is 12.6. The van der Waals surface area contributed by atoms with Gasteiger partial charge in [-0.25, -0.2) is 0 Å². The van der Waals surface area contributed by atoms with Crippen molar-refractivity contribution in [3.05, 3.63) is 59.7 Å². The summed E-state index contributed by atoms with van der Waals surface area (Å²) in [6, 6.07) is 14.3. The third-order valence-corrected chi connectivity index (χ3v) is 4.79. The van der Waals surface area contributed by atoms with Crippen molar-refractivity contribution >= 4 is 29.3 Å². The Labute approximate surface area is 164 Å². The Morgan fingerprint density at radius 1 is 1.07 bits per heavy atom. The Hall–Kier alpha value is -2.47. The predicted octanol–water partition coefficient (Wildman–Crippen LogP) is 3.56. The third kappa shape index (κ3) is 6.98. The zero-order valence-electron chi connectivity index (χ0n) is 16.0. The second-order valence-corrected chi connectivity index (χ2v) is 7.28. The molecule has 0 saturated heterocycles. The molecule has 0 spiro atoms. The first kappa shape index (κ1) is 20.8. The number of hydrogen-bond donors (Lipinski definition) is 2. The molecule has 0 aliphatic rings. The van der Waals surface area contributed by atoms with E-state index in [-0.39, 0.29) is 18.4 Å². The van der Waals surface area contributed by atoms with Gasteiger partial charge in [0, 0.05) is 5.69 Å². The van der Waals surface area contributed by atoms with Gasteiger partial charge in [0.25, 0.3) is 5.91 Å². The number of aryl methyl sites for hydroxylation is 2.